The Kier molecular flexibility index (Phi) is 8.14. The van der Waals surface area contributed by atoms with Gasteiger partial charge in [0.15, 0.2) is 0 Å². The van der Waals surface area contributed by atoms with Crippen LogP contribution in [0.25, 0.3) is 0 Å². The van der Waals surface area contributed by atoms with Gasteiger partial charge in [0.05, 0.1) is 0 Å². The van der Waals surface area contributed by atoms with Crippen LogP contribution in [0, 0.1) is 0 Å². The molecule has 2 amide bonds. The second-order valence-corrected chi connectivity index (χ2v) is 1.68. The van der Waals surface area contributed by atoms with Crippen molar-refractivity contribution in [1.82, 2.24) is 5.32 Å². The van der Waals surface area contributed by atoms with Crippen LogP contribution in [0.5, 0.6) is 0 Å². The van der Waals surface area contributed by atoms with Gasteiger partial charge in [0.1, 0.15) is 0 Å². The van der Waals surface area contributed by atoms with E-state index in [-0.39, 0.29) is 41.4 Å². The van der Waals surface area contributed by atoms with E-state index in [1.165, 1.54) is 12.2 Å². The zero-order valence-corrected chi connectivity index (χ0v) is 8.79. The second-order valence-electron chi connectivity index (χ2n) is 1.68. The molecule has 0 aromatic heterocycles. The molecule has 6 heteroatoms. The molecule has 0 radical (unpaired) electrons. The number of nitrogens with one attached hydrogen (secondary N) is 1. The Morgan fingerprint density at radius 1 is 1.33 bits per heavy atom. The number of carboxylic acid groups (broad SMARTS) is 1. The maximum absolute atomic E-state index is 10.0. The van der Waals surface area contributed by atoms with Crippen molar-refractivity contribution >= 4 is 17.8 Å². The van der Waals surface area contributed by atoms with Crippen LogP contribution in [0.2, 0.25) is 0 Å². The van der Waals surface area contributed by atoms with Gasteiger partial charge in [0.25, 0.3) is 11.8 Å². The molecule has 1 aliphatic heterocycles. The van der Waals surface area contributed by atoms with E-state index in [4.69, 9.17) is 9.90 Å². The maximum Gasteiger partial charge on any atom is 1.00 e. The SMILES string of the molecule is CC(=O)[O-].O=C1C=CC(=O)N1.[Na+]. The Labute approximate surface area is 91.1 Å². The van der Waals surface area contributed by atoms with E-state index >= 15 is 0 Å². The molecular formula is C6H6NNaO4. The topological polar surface area (TPSA) is 86.3 Å². The van der Waals surface area contributed by atoms with Gasteiger partial charge in [0.2, 0.25) is 0 Å². The van der Waals surface area contributed by atoms with Crippen molar-refractivity contribution in [1.29, 1.82) is 0 Å². The molecule has 0 unspecified atom stereocenters. The molecule has 60 valence electrons. The fourth-order valence-corrected chi connectivity index (χ4v) is 0.356. The van der Waals surface area contributed by atoms with Crippen molar-refractivity contribution in [2.45, 2.75) is 6.92 Å². The van der Waals surface area contributed by atoms with Crippen LogP contribution in [-0.4, -0.2) is 17.8 Å². The fraction of sp³-hybridized carbons (Fsp3) is 0.167. The van der Waals surface area contributed by atoms with E-state index in [9.17, 15) is 9.59 Å². The van der Waals surface area contributed by atoms with Gasteiger partial charge in [-0.15, -0.1) is 0 Å². The molecule has 0 fully saturated rings. The zero-order chi connectivity index (χ0) is 8.85. The summed E-state index contributed by atoms with van der Waals surface area (Å²) in [6.07, 6.45) is 2.39. The largest absolute Gasteiger partial charge is 1.00 e. The molecule has 0 saturated carbocycles. The van der Waals surface area contributed by atoms with Crippen molar-refractivity contribution in [2.24, 2.45) is 0 Å². The monoisotopic (exact) mass is 179 g/mol. The standard InChI is InChI=1S/C4H3NO2.C2H4O2.Na/c6-3-1-2-4(7)5-3;1-2(3)4;/h1-2H,(H,5,6,7);1H3,(H,3,4);/q;;+1/p-1. The van der Waals surface area contributed by atoms with Crippen LogP contribution in [0.4, 0.5) is 0 Å². The van der Waals surface area contributed by atoms with E-state index in [1.807, 2.05) is 5.32 Å². The van der Waals surface area contributed by atoms with Gasteiger partial charge in [-0.3, -0.25) is 14.9 Å². The number of carbonyl (C=O) groups is 3. The average molecular weight is 179 g/mol. The van der Waals surface area contributed by atoms with E-state index in [2.05, 4.69) is 0 Å². The Morgan fingerprint density at radius 3 is 1.67 bits per heavy atom. The number of carboxylic acids is 1. The summed E-state index contributed by atoms with van der Waals surface area (Å²) >= 11 is 0. The quantitative estimate of drug-likeness (QED) is 0.298. The summed E-state index contributed by atoms with van der Waals surface area (Å²) in [5, 5.41) is 10.9. The summed E-state index contributed by atoms with van der Waals surface area (Å²) in [7, 11) is 0. The first-order valence-corrected chi connectivity index (χ1v) is 2.73. The predicted molar refractivity (Wildman–Crippen MR) is 33.0 cm³/mol. The van der Waals surface area contributed by atoms with Gasteiger partial charge in [-0.05, 0) is 6.92 Å². The number of carbonyl (C=O) groups excluding carboxylic acids is 3. The normalized spacial score (nSPS) is 12.4. The van der Waals surface area contributed by atoms with Crippen LogP contribution in [-0.2, 0) is 14.4 Å². The molecule has 0 bridgehead atoms. The molecule has 1 rings (SSSR count). The molecule has 0 spiro atoms. The van der Waals surface area contributed by atoms with Gasteiger partial charge in [-0.25, -0.2) is 0 Å². The third-order valence-corrected chi connectivity index (χ3v) is 0.632. The van der Waals surface area contributed by atoms with Crippen molar-refractivity contribution in [3.63, 3.8) is 0 Å². The second kappa shape index (κ2) is 7.02. The third kappa shape index (κ3) is 9.35. The zero-order valence-electron chi connectivity index (χ0n) is 6.79. The van der Waals surface area contributed by atoms with Crippen LogP contribution in [0.3, 0.4) is 0 Å². The van der Waals surface area contributed by atoms with E-state index in [0.717, 1.165) is 6.92 Å². The van der Waals surface area contributed by atoms with Gasteiger partial charge in [0, 0.05) is 18.1 Å². The smallest absolute Gasteiger partial charge is 0.550 e. The van der Waals surface area contributed by atoms with Crippen molar-refractivity contribution in [2.75, 3.05) is 0 Å². The van der Waals surface area contributed by atoms with E-state index in [1.54, 1.807) is 0 Å². The molecule has 1 aliphatic rings. The number of aliphatic carboxylic acids is 1. The number of amides is 2. The minimum atomic E-state index is -1.08. The molecule has 0 aromatic carbocycles. The molecule has 1 N–H and O–H groups in total. The van der Waals surface area contributed by atoms with E-state index in [0.29, 0.717) is 0 Å². The number of hydrogen-bond acceptors (Lipinski definition) is 4. The molecule has 12 heavy (non-hydrogen) atoms. The Hall–Kier alpha value is -0.650. The molecular weight excluding hydrogens is 173 g/mol. The van der Waals surface area contributed by atoms with Crippen molar-refractivity contribution in [3.05, 3.63) is 12.2 Å². The minimum absolute atomic E-state index is 0. The summed E-state index contributed by atoms with van der Waals surface area (Å²) in [6.45, 7) is 0.972. The van der Waals surface area contributed by atoms with Gasteiger partial charge >= 0.3 is 29.6 Å². The molecule has 0 aromatic rings. The summed E-state index contributed by atoms with van der Waals surface area (Å²) in [5.74, 6) is -1.74. The Morgan fingerprint density at radius 2 is 1.58 bits per heavy atom. The number of hydrogen-bond donors (Lipinski definition) is 1. The molecule has 5 nitrogen and oxygen atoms in total. The first-order chi connectivity index (χ1) is 5.02. The molecule has 0 saturated heterocycles. The molecule has 1 heterocycles. The van der Waals surface area contributed by atoms with Gasteiger partial charge in [-0.1, -0.05) is 0 Å². The molecule has 0 aliphatic carbocycles. The van der Waals surface area contributed by atoms with Crippen LogP contribution in [0.15, 0.2) is 12.2 Å². The predicted octanol–water partition coefficient (Wildman–Crippen LogP) is -5.04. The van der Waals surface area contributed by atoms with Crippen molar-refractivity contribution in [3.8, 4) is 0 Å². The van der Waals surface area contributed by atoms with Crippen molar-refractivity contribution < 1.29 is 49.0 Å². The summed E-state index contributed by atoms with van der Waals surface area (Å²) in [6, 6.07) is 0. The third-order valence-electron chi connectivity index (χ3n) is 0.632. The Bertz CT molecular complexity index is 204. The van der Waals surface area contributed by atoms with Crippen LogP contribution >= 0.6 is 0 Å². The minimum Gasteiger partial charge on any atom is -0.550 e. The summed E-state index contributed by atoms with van der Waals surface area (Å²) in [5.41, 5.74) is 0. The van der Waals surface area contributed by atoms with Gasteiger partial charge in [-0.2, -0.15) is 0 Å². The molecule has 0 atom stereocenters. The van der Waals surface area contributed by atoms with E-state index < -0.39 is 5.97 Å². The fourth-order valence-electron chi connectivity index (χ4n) is 0.356. The van der Waals surface area contributed by atoms with Crippen LogP contribution in [0.1, 0.15) is 6.92 Å². The number of imide groups is 1. The first kappa shape index (κ1) is 13.9. The number of rotatable bonds is 0. The maximum atomic E-state index is 10.0. The summed E-state index contributed by atoms with van der Waals surface area (Å²) in [4.78, 5) is 29.0. The average Bonchev–Trinajstić information content (AvgIpc) is 2.13. The first-order valence-electron chi connectivity index (χ1n) is 2.73. The Balaban J connectivity index is 0. The van der Waals surface area contributed by atoms with Gasteiger partial charge < -0.3 is 9.90 Å². The summed E-state index contributed by atoms with van der Waals surface area (Å²) < 4.78 is 0. The van der Waals surface area contributed by atoms with Crippen LogP contribution < -0.4 is 40.0 Å².